The molecule has 2 aromatic carbocycles. The van der Waals surface area contributed by atoms with Crippen molar-refractivity contribution in [3.63, 3.8) is 0 Å². The number of hydrazone groups is 1. The lowest BCUT2D eigenvalue weighted by Gasteiger charge is -2.15. The summed E-state index contributed by atoms with van der Waals surface area (Å²) in [5, 5.41) is 3.84. The summed E-state index contributed by atoms with van der Waals surface area (Å²) in [6, 6.07) is 3.19. The van der Waals surface area contributed by atoms with Gasteiger partial charge in [0.1, 0.15) is 12.3 Å². The van der Waals surface area contributed by atoms with Gasteiger partial charge in [-0.1, -0.05) is 28.6 Å². The molecular weight excluding hydrogens is 503 g/mol. The highest BCUT2D eigenvalue weighted by Gasteiger charge is 2.37. The molecular formula is C21H14BrF5N2O3. The lowest BCUT2D eigenvalue weighted by molar-refractivity contribution is -0.114. The molecule has 1 heterocycles. The van der Waals surface area contributed by atoms with Gasteiger partial charge >= 0.3 is 0 Å². The Kier molecular flexibility index (Phi) is 6.68. The molecule has 0 radical (unpaired) electrons. The Morgan fingerprint density at radius 1 is 1.09 bits per heavy atom. The van der Waals surface area contributed by atoms with E-state index < -0.39 is 40.7 Å². The molecule has 1 aliphatic rings. The number of nitrogens with zero attached hydrogens (tertiary/aromatic N) is 2. The summed E-state index contributed by atoms with van der Waals surface area (Å²) in [4.78, 5) is 12.9. The third-order valence-corrected chi connectivity index (χ3v) is 4.83. The third kappa shape index (κ3) is 3.99. The summed E-state index contributed by atoms with van der Waals surface area (Å²) in [5.74, 6) is -11.6. The first-order valence-corrected chi connectivity index (χ1v) is 9.66. The highest BCUT2D eigenvalue weighted by atomic mass is 79.9. The molecule has 0 aliphatic carbocycles. The van der Waals surface area contributed by atoms with Gasteiger partial charge in [0.25, 0.3) is 5.91 Å². The van der Waals surface area contributed by atoms with Gasteiger partial charge in [-0.05, 0) is 25.1 Å². The van der Waals surface area contributed by atoms with E-state index in [0.29, 0.717) is 15.8 Å². The van der Waals surface area contributed by atoms with Crippen molar-refractivity contribution in [2.24, 2.45) is 5.10 Å². The van der Waals surface area contributed by atoms with Gasteiger partial charge in [-0.3, -0.25) is 4.79 Å². The second kappa shape index (κ2) is 9.11. The number of ether oxygens (including phenoxy) is 2. The van der Waals surface area contributed by atoms with Crippen LogP contribution < -0.4 is 14.5 Å². The second-order valence-corrected chi connectivity index (χ2v) is 7.32. The summed E-state index contributed by atoms with van der Waals surface area (Å²) in [6.45, 7) is 5.00. The fourth-order valence-corrected chi connectivity index (χ4v) is 3.37. The Labute approximate surface area is 187 Å². The van der Waals surface area contributed by atoms with Crippen molar-refractivity contribution in [3.8, 4) is 11.5 Å². The Morgan fingerprint density at radius 2 is 1.69 bits per heavy atom. The molecule has 0 atom stereocenters. The minimum absolute atomic E-state index is 0.0208. The fraction of sp³-hybridized carbons (Fsp3) is 0.143. The molecule has 1 amide bonds. The van der Waals surface area contributed by atoms with Crippen LogP contribution >= 0.6 is 15.9 Å². The first kappa shape index (κ1) is 23.5. The van der Waals surface area contributed by atoms with Crippen molar-refractivity contribution in [3.05, 3.63) is 69.5 Å². The van der Waals surface area contributed by atoms with E-state index in [2.05, 4.69) is 27.6 Å². The predicted octanol–water partition coefficient (Wildman–Crippen LogP) is 5.52. The quantitative estimate of drug-likeness (QED) is 0.167. The number of halogens is 6. The number of amides is 1. The molecule has 0 saturated carbocycles. The highest BCUT2D eigenvalue weighted by molar-refractivity contribution is 9.10. The van der Waals surface area contributed by atoms with Crippen LogP contribution in [0.1, 0.15) is 12.5 Å². The fourth-order valence-electron chi connectivity index (χ4n) is 2.91. The second-order valence-electron chi connectivity index (χ2n) is 6.40. The summed E-state index contributed by atoms with van der Waals surface area (Å²) in [7, 11) is 1.40. The largest absolute Gasteiger partial charge is 0.493 e. The average Bonchev–Trinajstić information content (AvgIpc) is 3.03. The summed E-state index contributed by atoms with van der Waals surface area (Å²) in [5.41, 5.74) is -1.32. The number of carbonyl (C=O) groups is 1. The van der Waals surface area contributed by atoms with E-state index in [1.807, 2.05) is 0 Å². The molecule has 0 fully saturated rings. The van der Waals surface area contributed by atoms with Gasteiger partial charge in [-0.2, -0.15) is 10.1 Å². The monoisotopic (exact) mass is 516 g/mol. The Bertz CT molecular complexity index is 1170. The molecule has 0 unspecified atom stereocenters. The van der Waals surface area contributed by atoms with Crippen molar-refractivity contribution in [2.45, 2.75) is 6.92 Å². The molecule has 3 rings (SSSR count). The summed E-state index contributed by atoms with van der Waals surface area (Å²) in [6.07, 6.45) is 2.79. The zero-order valence-electron chi connectivity index (χ0n) is 16.6. The number of carbonyl (C=O) groups excluding carboxylic acids is 1. The minimum Gasteiger partial charge on any atom is -0.493 e. The maximum absolute atomic E-state index is 14.2. The Morgan fingerprint density at radius 3 is 2.25 bits per heavy atom. The smallest absolute Gasteiger partial charge is 0.280 e. The van der Waals surface area contributed by atoms with Crippen LogP contribution in [0.4, 0.5) is 27.6 Å². The maximum Gasteiger partial charge on any atom is 0.280 e. The van der Waals surface area contributed by atoms with Crippen LogP contribution in [0, 0.1) is 29.1 Å². The third-order valence-electron chi connectivity index (χ3n) is 4.37. The molecule has 0 saturated heterocycles. The lowest BCUT2D eigenvalue weighted by atomic mass is 10.1. The van der Waals surface area contributed by atoms with E-state index in [9.17, 15) is 26.7 Å². The first-order valence-electron chi connectivity index (χ1n) is 8.86. The maximum atomic E-state index is 14.2. The minimum atomic E-state index is -2.34. The van der Waals surface area contributed by atoms with Crippen LogP contribution in [0.5, 0.6) is 11.5 Å². The highest BCUT2D eigenvalue weighted by Crippen LogP contribution is 2.38. The van der Waals surface area contributed by atoms with Crippen molar-refractivity contribution >= 4 is 39.3 Å². The molecule has 0 aromatic heterocycles. The van der Waals surface area contributed by atoms with Crippen LogP contribution in [0.2, 0.25) is 0 Å². The number of benzene rings is 2. The van der Waals surface area contributed by atoms with E-state index in [-0.39, 0.29) is 28.7 Å². The predicted molar refractivity (Wildman–Crippen MR) is 111 cm³/mol. The van der Waals surface area contributed by atoms with E-state index in [1.165, 1.54) is 26.2 Å². The van der Waals surface area contributed by atoms with Crippen LogP contribution in [-0.4, -0.2) is 25.3 Å². The van der Waals surface area contributed by atoms with E-state index in [1.54, 1.807) is 12.1 Å². The zero-order valence-corrected chi connectivity index (χ0v) is 18.2. The number of anilines is 1. The SMILES string of the molecule is C=CCOc1c(/C=C2\C(=O)N(c3c(F)c(F)c(F)c(F)c3F)N=C2C)cc(Br)cc1OC. The topological polar surface area (TPSA) is 51.1 Å². The number of hydrogen-bond acceptors (Lipinski definition) is 4. The molecule has 5 nitrogen and oxygen atoms in total. The number of methoxy groups -OCH3 is 1. The molecule has 168 valence electrons. The van der Waals surface area contributed by atoms with E-state index in [4.69, 9.17) is 9.47 Å². The molecule has 0 N–H and O–H groups in total. The van der Waals surface area contributed by atoms with E-state index >= 15 is 0 Å². The van der Waals surface area contributed by atoms with Crippen LogP contribution in [0.3, 0.4) is 0 Å². The van der Waals surface area contributed by atoms with Gasteiger partial charge in [0, 0.05) is 10.0 Å². The molecule has 2 aromatic rings. The Hall–Kier alpha value is -3.21. The van der Waals surface area contributed by atoms with Crippen LogP contribution in [0.15, 0.2) is 39.9 Å². The van der Waals surface area contributed by atoms with Gasteiger partial charge in [-0.25, -0.2) is 22.0 Å². The van der Waals surface area contributed by atoms with Crippen LogP contribution in [-0.2, 0) is 4.79 Å². The van der Waals surface area contributed by atoms with Gasteiger partial charge < -0.3 is 9.47 Å². The number of rotatable bonds is 6. The summed E-state index contributed by atoms with van der Waals surface area (Å²) >= 11 is 3.30. The van der Waals surface area contributed by atoms with Crippen molar-refractivity contribution in [2.75, 3.05) is 18.7 Å². The van der Waals surface area contributed by atoms with Crippen LogP contribution in [0.25, 0.3) is 6.08 Å². The van der Waals surface area contributed by atoms with Gasteiger partial charge in [0.2, 0.25) is 5.82 Å². The zero-order chi connectivity index (χ0) is 23.7. The van der Waals surface area contributed by atoms with Crippen molar-refractivity contribution in [1.29, 1.82) is 0 Å². The molecule has 1 aliphatic heterocycles. The average molecular weight is 517 g/mol. The number of hydrogen-bond donors (Lipinski definition) is 0. The van der Waals surface area contributed by atoms with E-state index in [0.717, 1.165) is 0 Å². The molecule has 32 heavy (non-hydrogen) atoms. The molecule has 11 heteroatoms. The molecule has 0 bridgehead atoms. The Balaban J connectivity index is 2.13. The first-order chi connectivity index (χ1) is 15.1. The standard InChI is InChI=1S/C21H14BrF5N2O3/c1-4-5-32-20-10(6-11(22)8-13(20)31-3)7-12-9(2)28-29(21(12)30)19-17(26)15(24)14(23)16(25)18(19)27/h4,6-8H,1,5H2,2-3H3/b12-7-. The molecule has 0 spiro atoms. The van der Waals surface area contributed by atoms with Crippen molar-refractivity contribution in [1.82, 2.24) is 0 Å². The summed E-state index contributed by atoms with van der Waals surface area (Å²) < 4.78 is 80.5. The van der Waals surface area contributed by atoms with Gasteiger partial charge in [-0.15, -0.1) is 0 Å². The van der Waals surface area contributed by atoms with Crippen molar-refractivity contribution < 1.29 is 36.2 Å². The van der Waals surface area contributed by atoms with Gasteiger partial charge in [0.15, 0.2) is 34.8 Å². The lowest BCUT2D eigenvalue weighted by Crippen LogP contribution is -2.25. The normalized spacial score (nSPS) is 14.8. The van der Waals surface area contributed by atoms with Gasteiger partial charge in [0.05, 0.1) is 18.4 Å².